The summed E-state index contributed by atoms with van der Waals surface area (Å²) in [6, 6.07) is 17.2. The number of rotatable bonds is 8. The zero-order valence-corrected chi connectivity index (χ0v) is 17.0. The Morgan fingerprint density at radius 2 is 1.54 bits per heavy atom. The van der Waals surface area contributed by atoms with Crippen LogP contribution in [0.2, 0.25) is 0 Å². The lowest BCUT2D eigenvalue weighted by Crippen LogP contribution is -2.46. The van der Waals surface area contributed by atoms with Gasteiger partial charge in [-0.15, -0.1) is 0 Å². The molecule has 6 heteroatoms. The fraction of sp³-hybridized carbons (Fsp3) is 0.364. The molecule has 0 saturated carbocycles. The highest BCUT2D eigenvalue weighted by atomic mass is 16.5. The Morgan fingerprint density at radius 3 is 2.14 bits per heavy atom. The van der Waals surface area contributed by atoms with Crippen LogP contribution in [-0.2, 0) is 16.2 Å². The molecule has 6 nitrogen and oxygen atoms in total. The van der Waals surface area contributed by atoms with E-state index in [4.69, 9.17) is 4.74 Å². The first kappa shape index (κ1) is 21.4. The lowest BCUT2D eigenvalue weighted by atomic mass is 10.1. The Labute approximate surface area is 166 Å². The highest BCUT2D eigenvalue weighted by Crippen LogP contribution is 2.17. The van der Waals surface area contributed by atoms with E-state index in [1.165, 1.54) is 0 Å². The van der Waals surface area contributed by atoms with Crippen LogP contribution >= 0.6 is 0 Å². The second-order valence-electron chi connectivity index (χ2n) is 7.82. The average Bonchev–Trinajstić information content (AvgIpc) is 2.60. The third-order valence-corrected chi connectivity index (χ3v) is 3.73. The lowest BCUT2D eigenvalue weighted by molar-refractivity contribution is -0.124. The number of carbonyl (C=O) groups excluding carboxylic acids is 2. The third-order valence-electron chi connectivity index (χ3n) is 3.73. The maximum atomic E-state index is 12.2. The third kappa shape index (κ3) is 8.22. The molecular formula is C22H29N3O3. The van der Waals surface area contributed by atoms with Crippen LogP contribution in [0.15, 0.2) is 54.6 Å². The van der Waals surface area contributed by atoms with Crippen molar-refractivity contribution in [3.63, 3.8) is 0 Å². The first-order chi connectivity index (χ1) is 13.2. The molecule has 28 heavy (non-hydrogen) atoms. The standard InChI is InChI=1S/C22H29N3O3/c1-22(2,3)24-21(27)15-25(4)14-20(26)23-18-10-12-19(13-11-18)28-16-17-8-6-5-7-9-17/h5-13H,14-16H2,1-4H3,(H,23,26)(H,24,27). The highest BCUT2D eigenvalue weighted by Gasteiger charge is 2.16. The van der Waals surface area contributed by atoms with Gasteiger partial charge in [0.15, 0.2) is 0 Å². The first-order valence-corrected chi connectivity index (χ1v) is 9.27. The largest absolute Gasteiger partial charge is 0.489 e. The summed E-state index contributed by atoms with van der Waals surface area (Å²) in [6.45, 7) is 6.55. The number of hydrogen-bond donors (Lipinski definition) is 2. The maximum absolute atomic E-state index is 12.2. The van der Waals surface area contributed by atoms with E-state index in [1.54, 1.807) is 24.1 Å². The molecule has 0 radical (unpaired) electrons. The van der Waals surface area contributed by atoms with Gasteiger partial charge in [0, 0.05) is 11.2 Å². The van der Waals surface area contributed by atoms with Crippen LogP contribution in [0.25, 0.3) is 0 Å². The number of benzene rings is 2. The summed E-state index contributed by atoms with van der Waals surface area (Å²) < 4.78 is 5.73. The van der Waals surface area contributed by atoms with E-state index in [0.717, 1.165) is 11.3 Å². The van der Waals surface area contributed by atoms with E-state index < -0.39 is 0 Å². The molecule has 0 bridgehead atoms. The Balaban J connectivity index is 1.76. The van der Waals surface area contributed by atoms with Crippen LogP contribution in [-0.4, -0.2) is 42.4 Å². The normalized spacial score (nSPS) is 11.2. The van der Waals surface area contributed by atoms with Gasteiger partial charge in [0.2, 0.25) is 11.8 Å². The van der Waals surface area contributed by atoms with Gasteiger partial charge in [-0.1, -0.05) is 30.3 Å². The molecule has 150 valence electrons. The van der Waals surface area contributed by atoms with Gasteiger partial charge in [0.05, 0.1) is 13.1 Å². The van der Waals surface area contributed by atoms with Gasteiger partial charge in [-0.2, -0.15) is 0 Å². The predicted molar refractivity (Wildman–Crippen MR) is 111 cm³/mol. The van der Waals surface area contributed by atoms with Crippen molar-refractivity contribution in [3.8, 4) is 5.75 Å². The lowest BCUT2D eigenvalue weighted by Gasteiger charge is -2.23. The van der Waals surface area contributed by atoms with Crippen molar-refractivity contribution in [2.24, 2.45) is 0 Å². The number of nitrogens with zero attached hydrogens (tertiary/aromatic N) is 1. The molecule has 0 aromatic heterocycles. The minimum Gasteiger partial charge on any atom is -0.489 e. The smallest absolute Gasteiger partial charge is 0.238 e. The number of carbonyl (C=O) groups is 2. The van der Waals surface area contributed by atoms with Crippen molar-refractivity contribution in [3.05, 3.63) is 60.2 Å². The van der Waals surface area contributed by atoms with Crippen molar-refractivity contribution in [2.75, 3.05) is 25.5 Å². The molecular weight excluding hydrogens is 354 g/mol. The molecule has 2 rings (SSSR count). The highest BCUT2D eigenvalue weighted by molar-refractivity contribution is 5.92. The molecule has 0 aliphatic heterocycles. The molecule has 0 spiro atoms. The van der Waals surface area contributed by atoms with Crippen LogP contribution in [0.3, 0.4) is 0 Å². The molecule has 0 heterocycles. The van der Waals surface area contributed by atoms with Gasteiger partial charge >= 0.3 is 0 Å². The van der Waals surface area contributed by atoms with Crippen molar-refractivity contribution >= 4 is 17.5 Å². The number of ether oxygens (including phenoxy) is 1. The molecule has 0 aliphatic rings. The SMILES string of the molecule is CN(CC(=O)Nc1ccc(OCc2ccccc2)cc1)CC(=O)NC(C)(C)C. The molecule has 0 fully saturated rings. The van der Waals surface area contributed by atoms with Gasteiger partial charge in [-0.3, -0.25) is 14.5 Å². The van der Waals surface area contributed by atoms with E-state index >= 15 is 0 Å². The first-order valence-electron chi connectivity index (χ1n) is 9.27. The summed E-state index contributed by atoms with van der Waals surface area (Å²) in [5, 5.41) is 5.70. The second-order valence-corrected chi connectivity index (χ2v) is 7.82. The van der Waals surface area contributed by atoms with Gasteiger partial charge in [0.25, 0.3) is 0 Å². The fourth-order valence-electron chi connectivity index (χ4n) is 2.58. The van der Waals surface area contributed by atoms with E-state index in [2.05, 4.69) is 10.6 Å². The van der Waals surface area contributed by atoms with Crippen molar-refractivity contribution in [2.45, 2.75) is 32.9 Å². The van der Waals surface area contributed by atoms with Gasteiger partial charge in [-0.05, 0) is 57.6 Å². The quantitative estimate of drug-likeness (QED) is 0.735. The number of likely N-dealkylation sites (N-methyl/N-ethyl adjacent to an activating group) is 1. The number of anilines is 1. The maximum Gasteiger partial charge on any atom is 0.238 e. The summed E-state index contributed by atoms with van der Waals surface area (Å²) in [6.07, 6.45) is 0. The van der Waals surface area contributed by atoms with E-state index in [9.17, 15) is 9.59 Å². The summed E-state index contributed by atoms with van der Waals surface area (Å²) in [5.74, 6) is 0.449. The Morgan fingerprint density at radius 1 is 0.929 bits per heavy atom. The zero-order chi connectivity index (χ0) is 20.6. The molecule has 0 saturated heterocycles. The van der Waals surface area contributed by atoms with Gasteiger partial charge in [-0.25, -0.2) is 0 Å². The molecule has 0 atom stereocenters. The summed E-state index contributed by atoms with van der Waals surface area (Å²) in [4.78, 5) is 25.8. The molecule has 0 aliphatic carbocycles. The van der Waals surface area contributed by atoms with Crippen LogP contribution < -0.4 is 15.4 Å². The average molecular weight is 383 g/mol. The zero-order valence-electron chi connectivity index (χ0n) is 17.0. The number of nitrogens with one attached hydrogen (secondary N) is 2. The van der Waals surface area contributed by atoms with Crippen LogP contribution in [0.1, 0.15) is 26.3 Å². The molecule has 2 amide bonds. The molecule has 2 aromatic carbocycles. The Bertz CT molecular complexity index is 768. The predicted octanol–water partition coefficient (Wildman–Crippen LogP) is 3.05. The number of amides is 2. The minimum absolute atomic E-state index is 0.109. The van der Waals surface area contributed by atoms with E-state index in [1.807, 2.05) is 63.2 Å². The Kier molecular flexibility index (Phi) is 7.58. The van der Waals surface area contributed by atoms with Crippen molar-refractivity contribution in [1.29, 1.82) is 0 Å². The summed E-state index contributed by atoms with van der Waals surface area (Å²) >= 11 is 0. The van der Waals surface area contributed by atoms with Crippen LogP contribution in [0.4, 0.5) is 5.69 Å². The van der Waals surface area contributed by atoms with E-state index in [0.29, 0.717) is 12.3 Å². The summed E-state index contributed by atoms with van der Waals surface area (Å²) in [7, 11) is 1.74. The topological polar surface area (TPSA) is 70.7 Å². The van der Waals surface area contributed by atoms with Crippen LogP contribution in [0.5, 0.6) is 5.75 Å². The van der Waals surface area contributed by atoms with Crippen molar-refractivity contribution in [1.82, 2.24) is 10.2 Å². The molecule has 2 aromatic rings. The molecule has 2 N–H and O–H groups in total. The fourth-order valence-corrected chi connectivity index (χ4v) is 2.58. The molecule has 0 unspecified atom stereocenters. The Hall–Kier alpha value is -2.86. The summed E-state index contributed by atoms with van der Waals surface area (Å²) in [5.41, 5.74) is 1.49. The monoisotopic (exact) mass is 383 g/mol. The van der Waals surface area contributed by atoms with Crippen LogP contribution in [0, 0.1) is 0 Å². The van der Waals surface area contributed by atoms with E-state index in [-0.39, 0.29) is 30.4 Å². The number of hydrogen-bond acceptors (Lipinski definition) is 4. The van der Waals surface area contributed by atoms with Gasteiger partial charge < -0.3 is 15.4 Å². The minimum atomic E-state index is -0.287. The van der Waals surface area contributed by atoms with Crippen molar-refractivity contribution < 1.29 is 14.3 Å². The van der Waals surface area contributed by atoms with Gasteiger partial charge in [0.1, 0.15) is 12.4 Å². The second kappa shape index (κ2) is 9.90.